The third kappa shape index (κ3) is 4.11. The number of aromatic nitrogens is 1. The Hall–Kier alpha value is -1.69. The molecule has 0 spiro atoms. The fourth-order valence-electron chi connectivity index (χ4n) is 2.49. The predicted octanol–water partition coefficient (Wildman–Crippen LogP) is 6.35. The van der Waals surface area contributed by atoms with Crippen molar-refractivity contribution in [2.45, 2.75) is 20.3 Å². The Kier molecular flexibility index (Phi) is 5.57. The Labute approximate surface area is 164 Å². The molecule has 0 fully saturated rings. The molecule has 1 heterocycles. The van der Waals surface area contributed by atoms with Gasteiger partial charge >= 0.3 is 0 Å². The van der Waals surface area contributed by atoms with Crippen LogP contribution < -0.4 is 5.32 Å². The fraction of sp³-hybridized carbons (Fsp3) is 0.158. The molecule has 128 valence electrons. The second-order valence-corrected chi connectivity index (χ2v) is 8.07. The Bertz CT molecular complexity index is 922. The molecule has 6 heteroatoms. The van der Waals surface area contributed by atoms with Crippen molar-refractivity contribution < 1.29 is 4.79 Å². The maximum atomic E-state index is 12.4. The van der Waals surface area contributed by atoms with Crippen molar-refractivity contribution in [2.24, 2.45) is 0 Å². The summed E-state index contributed by atoms with van der Waals surface area (Å²) < 4.78 is 0.793. The molecule has 0 aliphatic heterocycles. The summed E-state index contributed by atoms with van der Waals surface area (Å²) in [5.74, 6) is -0.171. The molecule has 0 saturated carbocycles. The SMILES string of the molecule is CCc1sc(C)nc1-c1ccc(C(=O)Nc2ccc(Br)c(Cl)c2)cc1. The van der Waals surface area contributed by atoms with Crippen LogP contribution in [0, 0.1) is 6.92 Å². The molecule has 3 nitrogen and oxygen atoms in total. The van der Waals surface area contributed by atoms with Gasteiger partial charge in [-0.05, 0) is 59.6 Å². The lowest BCUT2D eigenvalue weighted by Gasteiger charge is -2.07. The van der Waals surface area contributed by atoms with Crippen LogP contribution in [0.3, 0.4) is 0 Å². The second kappa shape index (κ2) is 7.68. The highest BCUT2D eigenvalue weighted by Gasteiger charge is 2.12. The van der Waals surface area contributed by atoms with Crippen LogP contribution in [0.15, 0.2) is 46.9 Å². The number of anilines is 1. The Balaban J connectivity index is 1.79. The number of amides is 1. The number of nitrogens with zero attached hydrogens (tertiary/aromatic N) is 1. The average molecular weight is 436 g/mol. The zero-order chi connectivity index (χ0) is 18.0. The van der Waals surface area contributed by atoms with E-state index < -0.39 is 0 Å². The zero-order valence-corrected chi connectivity index (χ0v) is 16.9. The first-order chi connectivity index (χ1) is 12.0. The molecule has 3 rings (SSSR count). The van der Waals surface area contributed by atoms with Crippen LogP contribution in [0.4, 0.5) is 5.69 Å². The standard InChI is InChI=1S/C19H16BrClN2OS/c1-3-17-18(22-11(2)25-17)12-4-6-13(7-5-12)19(24)23-14-8-9-15(20)16(21)10-14/h4-10H,3H2,1-2H3,(H,23,24). The number of aryl methyl sites for hydroxylation is 2. The number of hydrogen-bond acceptors (Lipinski definition) is 3. The fourth-order valence-corrected chi connectivity index (χ4v) is 3.82. The lowest BCUT2D eigenvalue weighted by Crippen LogP contribution is -2.11. The van der Waals surface area contributed by atoms with Gasteiger partial charge in [0.15, 0.2) is 0 Å². The van der Waals surface area contributed by atoms with Gasteiger partial charge in [0, 0.05) is 26.2 Å². The van der Waals surface area contributed by atoms with Crippen LogP contribution >= 0.6 is 38.9 Å². The van der Waals surface area contributed by atoms with Gasteiger partial charge in [-0.15, -0.1) is 11.3 Å². The topological polar surface area (TPSA) is 42.0 Å². The Morgan fingerprint density at radius 2 is 1.96 bits per heavy atom. The highest BCUT2D eigenvalue weighted by molar-refractivity contribution is 9.10. The Morgan fingerprint density at radius 1 is 1.24 bits per heavy atom. The van der Waals surface area contributed by atoms with Crippen molar-refractivity contribution in [1.82, 2.24) is 4.98 Å². The molecule has 2 aromatic carbocycles. The molecule has 1 aromatic heterocycles. The summed E-state index contributed by atoms with van der Waals surface area (Å²) >= 11 is 11.1. The molecule has 25 heavy (non-hydrogen) atoms. The largest absolute Gasteiger partial charge is 0.322 e. The van der Waals surface area contributed by atoms with Crippen molar-refractivity contribution in [2.75, 3.05) is 5.32 Å². The highest BCUT2D eigenvalue weighted by Crippen LogP contribution is 2.29. The first-order valence-corrected chi connectivity index (χ1v) is 9.80. The molecule has 0 unspecified atom stereocenters. The van der Waals surface area contributed by atoms with Crippen molar-refractivity contribution in [1.29, 1.82) is 0 Å². The molecule has 0 bridgehead atoms. The van der Waals surface area contributed by atoms with Crippen molar-refractivity contribution in [3.63, 3.8) is 0 Å². The van der Waals surface area contributed by atoms with Crippen molar-refractivity contribution in [3.05, 3.63) is 67.4 Å². The van der Waals surface area contributed by atoms with Gasteiger partial charge < -0.3 is 5.32 Å². The number of carbonyl (C=O) groups is 1. The van der Waals surface area contributed by atoms with E-state index in [0.29, 0.717) is 16.3 Å². The molecule has 1 N–H and O–H groups in total. The summed E-state index contributed by atoms with van der Waals surface area (Å²) in [5, 5.41) is 4.47. The van der Waals surface area contributed by atoms with E-state index in [0.717, 1.165) is 27.2 Å². The number of halogens is 2. The molecule has 0 atom stereocenters. The summed E-state index contributed by atoms with van der Waals surface area (Å²) in [6, 6.07) is 12.8. The maximum absolute atomic E-state index is 12.4. The number of hydrogen-bond donors (Lipinski definition) is 1. The molecule has 0 aliphatic carbocycles. The number of thiazole rings is 1. The van der Waals surface area contributed by atoms with Crippen molar-refractivity contribution >= 4 is 50.5 Å². The molecule has 1 amide bonds. The normalized spacial score (nSPS) is 10.7. The van der Waals surface area contributed by atoms with Crippen LogP contribution in [0.25, 0.3) is 11.3 Å². The van der Waals surface area contributed by atoms with E-state index >= 15 is 0 Å². The van der Waals surface area contributed by atoms with E-state index in [2.05, 4.69) is 33.2 Å². The van der Waals surface area contributed by atoms with E-state index in [1.165, 1.54) is 4.88 Å². The van der Waals surface area contributed by atoms with E-state index in [1.807, 2.05) is 31.2 Å². The van der Waals surface area contributed by atoms with E-state index in [9.17, 15) is 4.79 Å². The third-order valence-corrected chi connectivity index (χ3v) is 6.07. The molecule has 0 radical (unpaired) electrons. The van der Waals surface area contributed by atoms with Crippen LogP contribution in [0.1, 0.15) is 27.2 Å². The minimum Gasteiger partial charge on any atom is -0.322 e. The van der Waals surface area contributed by atoms with Crippen LogP contribution in [-0.2, 0) is 6.42 Å². The summed E-state index contributed by atoms with van der Waals surface area (Å²) in [5.41, 5.74) is 3.29. The number of benzene rings is 2. The number of carbonyl (C=O) groups excluding carboxylic acids is 1. The predicted molar refractivity (Wildman–Crippen MR) is 109 cm³/mol. The summed E-state index contributed by atoms with van der Waals surface area (Å²) in [6.07, 6.45) is 0.952. The molecule has 0 aliphatic rings. The van der Waals surface area contributed by atoms with E-state index in [-0.39, 0.29) is 5.91 Å². The lowest BCUT2D eigenvalue weighted by atomic mass is 10.1. The number of rotatable bonds is 4. The highest BCUT2D eigenvalue weighted by atomic mass is 79.9. The minimum absolute atomic E-state index is 0.171. The van der Waals surface area contributed by atoms with Gasteiger partial charge in [0.05, 0.1) is 15.7 Å². The summed E-state index contributed by atoms with van der Waals surface area (Å²) in [4.78, 5) is 18.3. The monoisotopic (exact) mass is 434 g/mol. The first kappa shape index (κ1) is 18.1. The first-order valence-electron chi connectivity index (χ1n) is 7.81. The van der Waals surface area contributed by atoms with Crippen molar-refractivity contribution in [3.8, 4) is 11.3 Å². The van der Waals surface area contributed by atoms with Gasteiger partial charge in [-0.25, -0.2) is 4.98 Å². The van der Waals surface area contributed by atoms with Crippen LogP contribution in [-0.4, -0.2) is 10.9 Å². The van der Waals surface area contributed by atoms with E-state index in [1.54, 1.807) is 29.5 Å². The third-order valence-electron chi connectivity index (χ3n) is 3.72. The summed E-state index contributed by atoms with van der Waals surface area (Å²) in [7, 11) is 0. The zero-order valence-electron chi connectivity index (χ0n) is 13.8. The van der Waals surface area contributed by atoms with Gasteiger partial charge in [-0.2, -0.15) is 0 Å². The minimum atomic E-state index is -0.171. The van der Waals surface area contributed by atoms with E-state index in [4.69, 9.17) is 11.6 Å². The van der Waals surface area contributed by atoms with Crippen LogP contribution in [0.2, 0.25) is 5.02 Å². The summed E-state index contributed by atoms with van der Waals surface area (Å²) in [6.45, 7) is 4.14. The molecular formula is C19H16BrClN2OS. The molecular weight excluding hydrogens is 420 g/mol. The van der Waals surface area contributed by atoms with Gasteiger partial charge in [0.2, 0.25) is 0 Å². The smallest absolute Gasteiger partial charge is 0.255 e. The van der Waals surface area contributed by atoms with Gasteiger partial charge in [0.25, 0.3) is 5.91 Å². The second-order valence-electron chi connectivity index (χ2n) is 5.52. The number of nitrogens with one attached hydrogen (secondary N) is 1. The Morgan fingerprint density at radius 3 is 2.60 bits per heavy atom. The molecule has 3 aromatic rings. The van der Waals surface area contributed by atoms with Gasteiger partial charge in [-0.3, -0.25) is 4.79 Å². The lowest BCUT2D eigenvalue weighted by molar-refractivity contribution is 0.102. The average Bonchev–Trinajstić information content (AvgIpc) is 2.99. The van der Waals surface area contributed by atoms with Gasteiger partial charge in [0.1, 0.15) is 0 Å². The van der Waals surface area contributed by atoms with Gasteiger partial charge in [-0.1, -0.05) is 30.7 Å². The quantitative estimate of drug-likeness (QED) is 0.519. The van der Waals surface area contributed by atoms with Crippen LogP contribution in [0.5, 0.6) is 0 Å². The molecule has 0 saturated heterocycles. The maximum Gasteiger partial charge on any atom is 0.255 e.